The number of carbonyl (C=O) groups excluding carboxylic acids is 2. The number of hydrogen-bond donors (Lipinski definition) is 0. The number of esters is 2. The fourth-order valence-electron chi connectivity index (χ4n) is 2.53. The Kier molecular flexibility index (Phi) is 4.99. The summed E-state index contributed by atoms with van der Waals surface area (Å²) >= 11 is 0. The number of benzene rings is 1. The van der Waals surface area contributed by atoms with Gasteiger partial charge in [-0.05, 0) is 24.8 Å². The van der Waals surface area contributed by atoms with E-state index in [9.17, 15) is 9.59 Å². The van der Waals surface area contributed by atoms with Crippen LogP contribution >= 0.6 is 0 Å². The number of ether oxygens (including phenoxy) is 2. The van der Waals surface area contributed by atoms with Gasteiger partial charge < -0.3 is 9.47 Å². The highest BCUT2D eigenvalue weighted by molar-refractivity contribution is 6.05. The third-order valence-electron chi connectivity index (χ3n) is 3.77. The fourth-order valence-corrected chi connectivity index (χ4v) is 2.53. The molecule has 1 aliphatic rings. The smallest absolute Gasteiger partial charge is 0.324 e. The summed E-state index contributed by atoms with van der Waals surface area (Å²) in [5, 5.41) is 0. The molecule has 4 heteroatoms. The Balaban J connectivity index is 2.17. The van der Waals surface area contributed by atoms with Crippen molar-refractivity contribution in [2.24, 2.45) is 5.41 Å². The Labute approximate surface area is 125 Å². The van der Waals surface area contributed by atoms with Gasteiger partial charge in [0.15, 0.2) is 5.41 Å². The zero-order valence-electron chi connectivity index (χ0n) is 12.6. The molecule has 0 radical (unpaired) electrons. The van der Waals surface area contributed by atoms with Gasteiger partial charge in [-0.15, -0.1) is 0 Å². The molecule has 0 spiro atoms. The molecule has 1 saturated carbocycles. The third-order valence-corrected chi connectivity index (χ3v) is 3.77. The highest BCUT2D eigenvalue weighted by atomic mass is 16.6. The number of hydrogen-bond acceptors (Lipinski definition) is 4. The van der Waals surface area contributed by atoms with Crippen molar-refractivity contribution < 1.29 is 19.1 Å². The first-order valence-electron chi connectivity index (χ1n) is 7.56. The lowest BCUT2D eigenvalue weighted by molar-refractivity contribution is -0.165. The molecule has 0 heterocycles. The number of rotatable bonds is 7. The van der Waals surface area contributed by atoms with Crippen LogP contribution in [0.5, 0.6) is 0 Å². The molecule has 4 nitrogen and oxygen atoms in total. The van der Waals surface area contributed by atoms with Crippen molar-refractivity contribution in [1.82, 2.24) is 0 Å². The van der Waals surface area contributed by atoms with Gasteiger partial charge in [0.2, 0.25) is 0 Å². The van der Waals surface area contributed by atoms with Gasteiger partial charge in [-0.1, -0.05) is 44.2 Å². The van der Waals surface area contributed by atoms with Crippen LogP contribution in [-0.2, 0) is 19.1 Å². The van der Waals surface area contributed by atoms with E-state index in [-0.39, 0.29) is 5.92 Å². The lowest BCUT2D eigenvalue weighted by Crippen LogP contribution is -2.32. The van der Waals surface area contributed by atoms with Crippen molar-refractivity contribution in [3.63, 3.8) is 0 Å². The minimum atomic E-state index is -1.13. The molecule has 0 amide bonds. The molecule has 0 aromatic heterocycles. The molecule has 0 aliphatic heterocycles. The summed E-state index contributed by atoms with van der Waals surface area (Å²) in [7, 11) is 0. The average molecular weight is 290 g/mol. The van der Waals surface area contributed by atoms with E-state index in [4.69, 9.17) is 9.47 Å². The SMILES string of the molecule is CCCOC(=O)C1(C(=O)OCCC)C[C@H]1c1ccccc1. The molecule has 0 unspecified atom stereocenters. The minimum Gasteiger partial charge on any atom is -0.465 e. The first-order chi connectivity index (χ1) is 10.2. The summed E-state index contributed by atoms with van der Waals surface area (Å²) in [6.45, 7) is 4.53. The highest BCUT2D eigenvalue weighted by Gasteiger charge is 2.68. The van der Waals surface area contributed by atoms with Crippen LogP contribution in [0.25, 0.3) is 0 Å². The lowest BCUT2D eigenvalue weighted by atomic mass is 9.99. The molecule has 1 aromatic rings. The summed E-state index contributed by atoms with van der Waals surface area (Å²) in [6, 6.07) is 9.61. The zero-order valence-corrected chi connectivity index (χ0v) is 12.6. The van der Waals surface area contributed by atoms with Crippen molar-refractivity contribution in [3.05, 3.63) is 35.9 Å². The average Bonchev–Trinajstić information content (AvgIpc) is 3.28. The van der Waals surface area contributed by atoms with E-state index in [0.717, 1.165) is 18.4 Å². The van der Waals surface area contributed by atoms with Crippen LogP contribution in [0.15, 0.2) is 30.3 Å². The van der Waals surface area contributed by atoms with Crippen LogP contribution in [0.2, 0.25) is 0 Å². The Hall–Kier alpha value is -1.84. The van der Waals surface area contributed by atoms with E-state index in [2.05, 4.69) is 0 Å². The first kappa shape index (κ1) is 15.5. The topological polar surface area (TPSA) is 52.6 Å². The van der Waals surface area contributed by atoms with Crippen molar-refractivity contribution in [2.75, 3.05) is 13.2 Å². The summed E-state index contributed by atoms with van der Waals surface area (Å²) in [5.74, 6) is -1.02. The standard InChI is InChI=1S/C17H22O4/c1-3-10-20-15(18)17(16(19)21-11-4-2)12-14(17)13-8-6-5-7-9-13/h5-9,14H,3-4,10-12H2,1-2H3/t14-/m0/s1. The molecule has 0 N–H and O–H groups in total. The molecular formula is C17H22O4. The third kappa shape index (κ3) is 3.09. The second-order valence-corrected chi connectivity index (χ2v) is 5.41. The normalized spacial score (nSPS) is 18.9. The Morgan fingerprint density at radius 1 is 1.05 bits per heavy atom. The molecule has 114 valence electrons. The number of carbonyl (C=O) groups is 2. The van der Waals surface area contributed by atoms with Crippen LogP contribution in [0.4, 0.5) is 0 Å². The molecule has 21 heavy (non-hydrogen) atoms. The second kappa shape index (κ2) is 6.74. The van der Waals surface area contributed by atoms with E-state index in [1.165, 1.54) is 0 Å². The minimum absolute atomic E-state index is 0.132. The maximum Gasteiger partial charge on any atom is 0.324 e. The Morgan fingerprint density at radius 2 is 1.57 bits per heavy atom. The monoisotopic (exact) mass is 290 g/mol. The van der Waals surface area contributed by atoms with E-state index in [1.54, 1.807) is 0 Å². The van der Waals surface area contributed by atoms with Gasteiger partial charge in [-0.3, -0.25) is 9.59 Å². The van der Waals surface area contributed by atoms with E-state index in [0.29, 0.717) is 19.6 Å². The molecule has 1 atom stereocenters. The zero-order chi connectivity index (χ0) is 15.3. The van der Waals surface area contributed by atoms with Crippen molar-refractivity contribution in [3.8, 4) is 0 Å². The summed E-state index contributed by atoms with van der Waals surface area (Å²) in [4.78, 5) is 24.7. The second-order valence-electron chi connectivity index (χ2n) is 5.41. The largest absolute Gasteiger partial charge is 0.465 e. The van der Waals surface area contributed by atoms with Gasteiger partial charge in [-0.2, -0.15) is 0 Å². The van der Waals surface area contributed by atoms with Gasteiger partial charge >= 0.3 is 11.9 Å². The van der Waals surface area contributed by atoms with Crippen LogP contribution in [0.3, 0.4) is 0 Å². The first-order valence-corrected chi connectivity index (χ1v) is 7.56. The van der Waals surface area contributed by atoms with Crippen LogP contribution in [-0.4, -0.2) is 25.2 Å². The van der Waals surface area contributed by atoms with Gasteiger partial charge in [0.25, 0.3) is 0 Å². The highest BCUT2D eigenvalue weighted by Crippen LogP contribution is 2.60. The van der Waals surface area contributed by atoms with Gasteiger partial charge in [-0.25, -0.2) is 0 Å². The van der Waals surface area contributed by atoms with Gasteiger partial charge in [0, 0.05) is 5.92 Å². The van der Waals surface area contributed by atoms with Crippen molar-refractivity contribution in [1.29, 1.82) is 0 Å². The van der Waals surface area contributed by atoms with Gasteiger partial charge in [0.1, 0.15) is 0 Å². The maximum atomic E-state index is 12.4. The van der Waals surface area contributed by atoms with Crippen LogP contribution in [0, 0.1) is 5.41 Å². The molecule has 2 rings (SSSR count). The summed E-state index contributed by atoms with van der Waals surface area (Å²) < 4.78 is 10.5. The van der Waals surface area contributed by atoms with Crippen molar-refractivity contribution >= 4 is 11.9 Å². The van der Waals surface area contributed by atoms with Crippen LogP contribution < -0.4 is 0 Å². The predicted octanol–water partition coefficient (Wildman–Crippen LogP) is 3.07. The Morgan fingerprint density at radius 3 is 2.05 bits per heavy atom. The molecule has 1 fully saturated rings. The van der Waals surface area contributed by atoms with E-state index >= 15 is 0 Å². The van der Waals surface area contributed by atoms with Crippen molar-refractivity contribution in [2.45, 2.75) is 39.0 Å². The molecule has 1 aliphatic carbocycles. The van der Waals surface area contributed by atoms with E-state index in [1.807, 2.05) is 44.2 Å². The quantitative estimate of drug-likeness (QED) is 0.572. The molecule has 1 aromatic carbocycles. The lowest BCUT2D eigenvalue weighted by Gasteiger charge is -2.15. The summed E-state index contributed by atoms with van der Waals surface area (Å²) in [5.41, 5.74) is -0.148. The van der Waals surface area contributed by atoms with E-state index < -0.39 is 17.4 Å². The maximum absolute atomic E-state index is 12.4. The predicted molar refractivity (Wildman–Crippen MR) is 78.7 cm³/mol. The van der Waals surface area contributed by atoms with Gasteiger partial charge in [0.05, 0.1) is 13.2 Å². The molecular weight excluding hydrogens is 268 g/mol. The molecule has 0 bridgehead atoms. The Bertz CT molecular complexity index is 475. The molecule has 0 saturated heterocycles. The van der Waals surface area contributed by atoms with Crippen LogP contribution in [0.1, 0.15) is 44.6 Å². The summed E-state index contributed by atoms with van der Waals surface area (Å²) in [6.07, 6.45) is 1.95. The fraction of sp³-hybridized carbons (Fsp3) is 0.529.